The minimum atomic E-state index is -0.516. The van der Waals surface area contributed by atoms with E-state index in [-0.39, 0.29) is 11.8 Å². The number of benzene rings is 1. The number of likely N-dealkylation sites (tertiary alicyclic amines) is 1. The van der Waals surface area contributed by atoms with Gasteiger partial charge in [-0.05, 0) is 67.0 Å². The Morgan fingerprint density at radius 3 is 2.57 bits per heavy atom. The number of rotatable bonds is 6. The molecule has 1 aromatic heterocycles. The normalized spacial score (nSPS) is 26.4. The topological polar surface area (TPSA) is 49.4 Å². The molecule has 2 amide bonds. The SMILES string of the molecule is CCNC(=O)C1(Cc2ccc(-c3cccs3)cc2)CCN(C(=O)C2CC23CCC3)C1. The Hall–Kier alpha value is -2.14. The van der Waals surface area contributed by atoms with Gasteiger partial charge in [0.25, 0.3) is 0 Å². The van der Waals surface area contributed by atoms with E-state index < -0.39 is 5.41 Å². The van der Waals surface area contributed by atoms with Crippen molar-refractivity contribution < 1.29 is 9.59 Å². The van der Waals surface area contributed by atoms with Gasteiger partial charge in [-0.3, -0.25) is 9.59 Å². The third kappa shape index (κ3) is 3.37. The Morgan fingerprint density at radius 2 is 1.97 bits per heavy atom. The van der Waals surface area contributed by atoms with Gasteiger partial charge in [0, 0.05) is 30.4 Å². The highest BCUT2D eigenvalue weighted by molar-refractivity contribution is 7.13. The van der Waals surface area contributed by atoms with Crippen LogP contribution < -0.4 is 5.32 Å². The summed E-state index contributed by atoms with van der Waals surface area (Å²) in [5.74, 6) is 0.618. The first-order valence-electron chi connectivity index (χ1n) is 11.3. The molecule has 5 heteroatoms. The summed E-state index contributed by atoms with van der Waals surface area (Å²) in [6, 6.07) is 12.8. The van der Waals surface area contributed by atoms with E-state index in [9.17, 15) is 9.59 Å². The number of nitrogens with one attached hydrogen (secondary N) is 1. The fraction of sp³-hybridized carbons (Fsp3) is 0.520. The van der Waals surface area contributed by atoms with Crippen molar-refractivity contribution >= 4 is 23.2 Å². The molecule has 30 heavy (non-hydrogen) atoms. The average Bonchev–Trinajstić information content (AvgIpc) is 3.06. The Morgan fingerprint density at radius 1 is 1.17 bits per heavy atom. The highest BCUT2D eigenvalue weighted by Gasteiger charge is 2.62. The standard InChI is InChI=1S/C25H30N2O2S/c1-2-26-23(29)25(15-18-6-8-19(9-7-18)21-5-3-14-30-21)12-13-27(17-25)22(28)20-16-24(20)10-4-11-24/h3,5-9,14,20H,2,4,10-13,15-17H2,1H3,(H,26,29). The lowest BCUT2D eigenvalue weighted by atomic mass is 9.79. The fourth-order valence-electron chi connectivity index (χ4n) is 5.54. The van der Waals surface area contributed by atoms with Gasteiger partial charge in [-0.15, -0.1) is 11.3 Å². The van der Waals surface area contributed by atoms with Crippen molar-refractivity contribution in [2.75, 3.05) is 19.6 Å². The molecule has 2 aliphatic carbocycles. The van der Waals surface area contributed by atoms with Gasteiger partial charge < -0.3 is 10.2 Å². The summed E-state index contributed by atoms with van der Waals surface area (Å²) in [4.78, 5) is 29.5. The van der Waals surface area contributed by atoms with E-state index in [0.717, 1.165) is 18.4 Å². The third-order valence-electron chi connectivity index (χ3n) is 7.62. The van der Waals surface area contributed by atoms with Crippen molar-refractivity contribution in [3.8, 4) is 10.4 Å². The number of hydrogen-bond acceptors (Lipinski definition) is 3. The maximum atomic E-state index is 13.1. The highest BCUT2D eigenvalue weighted by Crippen LogP contribution is 2.66. The first kappa shape index (κ1) is 19.8. The molecule has 1 saturated heterocycles. The van der Waals surface area contributed by atoms with Crippen LogP contribution in [0.5, 0.6) is 0 Å². The molecule has 0 bridgehead atoms. The zero-order valence-electron chi connectivity index (χ0n) is 17.7. The van der Waals surface area contributed by atoms with E-state index in [0.29, 0.717) is 37.4 Å². The molecule has 5 rings (SSSR count). The zero-order valence-corrected chi connectivity index (χ0v) is 18.5. The molecular weight excluding hydrogens is 392 g/mol. The van der Waals surface area contributed by atoms with Crippen LogP contribution in [0, 0.1) is 16.7 Å². The number of nitrogens with zero attached hydrogens (tertiary/aromatic N) is 1. The molecule has 1 aliphatic heterocycles. The van der Waals surface area contributed by atoms with Crippen LogP contribution in [0.4, 0.5) is 0 Å². The van der Waals surface area contributed by atoms with Crippen LogP contribution in [0.15, 0.2) is 41.8 Å². The monoisotopic (exact) mass is 422 g/mol. The third-order valence-corrected chi connectivity index (χ3v) is 8.54. The molecule has 4 nitrogen and oxygen atoms in total. The van der Waals surface area contributed by atoms with E-state index >= 15 is 0 Å². The van der Waals surface area contributed by atoms with Crippen LogP contribution in [0.1, 0.15) is 44.6 Å². The molecule has 2 saturated carbocycles. The van der Waals surface area contributed by atoms with Gasteiger partial charge in [0.2, 0.25) is 11.8 Å². The summed E-state index contributed by atoms with van der Waals surface area (Å²) in [6.07, 6.45) is 6.21. The van der Waals surface area contributed by atoms with Crippen LogP contribution in [0.25, 0.3) is 10.4 Å². The molecule has 3 aliphatic rings. The minimum absolute atomic E-state index is 0.0942. The zero-order chi connectivity index (χ0) is 20.8. The summed E-state index contributed by atoms with van der Waals surface area (Å²) in [6.45, 7) is 3.84. The maximum Gasteiger partial charge on any atom is 0.228 e. The summed E-state index contributed by atoms with van der Waals surface area (Å²) >= 11 is 1.74. The van der Waals surface area contributed by atoms with Crippen LogP contribution in [-0.4, -0.2) is 36.3 Å². The quantitative estimate of drug-likeness (QED) is 0.745. The molecule has 2 atom stereocenters. The second-order valence-corrected chi connectivity index (χ2v) is 10.4. The van der Waals surface area contributed by atoms with Crippen LogP contribution in [-0.2, 0) is 16.0 Å². The van der Waals surface area contributed by atoms with Gasteiger partial charge in [0.1, 0.15) is 0 Å². The molecule has 2 heterocycles. The van der Waals surface area contributed by atoms with Gasteiger partial charge >= 0.3 is 0 Å². The number of carbonyl (C=O) groups is 2. The lowest BCUT2D eigenvalue weighted by molar-refractivity contribution is -0.135. The lowest BCUT2D eigenvalue weighted by Crippen LogP contribution is -2.45. The van der Waals surface area contributed by atoms with E-state index in [1.165, 1.54) is 29.7 Å². The van der Waals surface area contributed by atoms with Crippen LogP contribution in [0.3, 0.4) is 0 Å². The first-order valence-corrected chi connectivity index (χ1v) is 12.1. The molecule has 2 unspecified atom stereocenters. The fourth-order valence-corrected chi connectivity index (χ4v) is 6.27. The molecule has 158 valence electrons. The first-order chi connectivity index (χ1) is 14.6. The largest absolute Gasteiger partial charge is 0.356 e. The van der Waals surface area contributed by atoms with Gasteiger partial charge in [-0.25, -0.2) is 0 Å². The van der Waals surface area contributed by atoms with Crippen molar-refractivity contribution in [2.45, 2.75) is 45.4 Å². The molecule has 1 aromatic carbocycles. The second-order valence-electron chi connectivity index (χ2n) is 9.47. The van der Waals surface area contributed by atoms with Crippen molar-refractivity contribution in [3.63, 3.8) is 0 Å². The minimum Gasteiger partial charge on any atom is -0.356 e. The van der Waals surface area contributed by atoms with Gasteiger partial charge in [-0.1, -0.05) is 36.8 Å². The van der Waals surface area contributed by atoms with Crippen LogP contribution in [0.2, 0.25) is 0 Å². The summed E-state index contributed by atoms with van der Waals surface area (Å²) in [5, 5.41) is 5.14. The number of hydrogen-bond donors (Lipinski definition) is 1. The van der Waals surface area contributed by atoms with Crippen molar-refractivity contribution in [1.29, 1.82) is 0 Å². The predicted octanol–water partition coefficient (Wildman–Crippen LogP) is 4.50. The van der Waals surface area contributed by atoms with E-state index in [4.69, 9.17) is 0 Å². The smallest absolute Gasteiger partial charge is 0.228 e. The number of thiophene rings is 1. The molecule has 1 N–H and O–H groups in total. The summed E-state index contributed by atoms with van der Waals surface area (Å²) in [5.41, 5.74) is 2.20. The van der Waals surface area contributed by atoms with E-state index in [1.807, 2.05) is 11.8 Å². The van der Waals surface area contributed by atoms with Crippen molar-refractivity contribution in [3.05, 3.63) is 47.3 Å². The summed E-state index contributed by atoms with van der Waals surface area (Å²) < 4.78 is 0. The molecular formula is C25H30N2O2S. The molecule has 2 aromatic rings. The van der Waals surface area contributed by atoms with Gasteiger partial charge in [-0.2, -0.15) is 0 Å². The van der Waals surface area contributed by atoms with E-state index in [1.54, 1.807) is 11.3 Å². The predicted molar refractivity (Wildman–Crippen MR) is 120 cm³/mol. The van der Waals surface area contributed by atoms with Crippen molar-refractivity contribution in [1.82, 2.24) is 10.2 Å². The maximum absolute atomic E-state index is 13.1. The Bertz CT molecular complexity index is 933. The van der Waals surface area contributed by atoms with Gasteiger partial charge in [0.05, 0.1) is 5.41 Å². The van der Waals surface area contributed by atoms with E-state index in [2.05, 4.69) is 47.1 Å². The molecule has 3 fully saturated rings. The lowest BCUT2D eigenvalue weighted by Gasteiger charge is -2.30. The Kier molecular flexibility index (Phi) is 4.97. The van der Waals surface area contributed by atoms with Crippen molar-refractivity contribution in [2.24, 2.45) is 16.7 Å². The number of amides is 2. The molecule has 1 spiro atoms. The average molecular weight is 423 g/mol. The van der Waals surface area contributed by atoms with Crippen LogP contribution >= 0.6 is 11.3 Å². The Balaban J connectivity index is 1.32. The Labute approximate surface area is 182 Å². The second kappa shape index (κ2) is 7.52. The van der Waals surface area contributed by atoms with Gasteiger partial charge in [0.15, 0.2) is 0 Å². The molecule has 0 radical (unpaired) electrons. The summed E-state index contributed by atoms with van der Waals surface area (Å²) in [7, 11) is 0. The highest BCUT2D eigenvalue weighted by atomic mass is 32.1. The number of carbonyl (C=O) groups excluding carboxylic acids is 2.